The number of para-hydroxylation sites is 1. The summed E-state index contributed by atoms with van der Waals surface area (Å²) in [6.07, 6.45) is 4.05. The summed E-state index contributed by atoms with van der Waals surface area (Å²) < 4.78 is 12.4. The van der Waals surface area contributed by atoms with Crippen LogP contribution in [-0.2, 0) is 5.79 Å². The zero-order valence-electron chi connectivity index (χ0n) is 12.7. The third-order valence-electron chi connectivity index (χ3n) is 4.52. The van der Waals surface area contributed by atoms with Crippen LogP contribution in [0.4, 0.5) is 0 Å². The lowest BCUT2D eigenvalue weighted by atomic mass is 9.89. The average Bonchev–Trinajstić information content (AvgIpc) is 2.94. The Morgan fingerprint density at radius 2 is 1.95 bits per heavy atom. The van der Waals surface area contributed by atoms with Crippen LogP contribution < -0.4 is 14.8 Å². The van der Waals surface area contributed by atoms with Gasteiger partial charge in [0.1, 0.15) is 5.69 Å². The summed E-state index contributed by atoms with van der Waals surface area (Å²) in [5.41, 5.74) is 2.06. The molecule has 0 radical (unpaired) electrons. The molecule has 0 bridgehead atoms. The molecule has 4 heteroatoms. The molecule has 2 aliphatic rings. The molecule has 4 rings (SSSR count). The van der Waals surface area contributed by atoms with Crippen molar-refractivity contribution in [1.29, 1.82) is 0 Å². The lowest BCUT2D eigenvalue weighted by Gasteiger charge is -2.25. The lowest BCUT2D eigenvalue weighted by molar-refractivity contribution is -0.0722. The zero-order valence-corrected chi connectivity index (χ0v) is 12.7. The highest BCUT2D eigenvalue weighted by Crippen LogP contribution is 2.48. The van der Waals surface area contributed by atoms with Gasteiger partial charge in [-0.05, 0) is 50.0 Å². The molecule has 0 spiro atoms. The van der Waals surface area contributed by atoms with Gasteiger partial charge in [-0.25, -0.2) is 0 Å². The molecule has 1 atom stereocenters. The van der Waals surface area contributed by atoms with E-state index in [1.54, 1.807) is 6.20 Å². The Labute approximate surface area is 130 Å². The second-order valence-electron chi connectivity index (χ2n) is 6.06. The van der Waals surface area contributed by atoms with E-state index in [9.17, 15) is 0 Å². The van der Waals surface area contributed by atoms with E-state index in [0.717, 1.165) is 43.1 Å². The van der Waals surface area contributed by atoms with E-state index >= 15 is 0 Å². The number of aromatic nitrogens is 1. The van der Waals surface area contributed by atoms with Crippen molar-refractivity contribution in [2.24, 2.45) is 0 Å². The molecule has 1 aromatic carbocycles. The molecule has 1 fully saturated rings. The number of hydrogen-bond donors (Lipinski definition) is 1. The van der Waals surface area contributed by atoms with Crippen molar-refractivity contribution in [2.75, 3.05) is 13.1 Å². The Bertz CT molecular complexity index is 668. The molecule has 0 saturated carbocycles. The number of rotatable bonds is 2. The Hall–Kier alpha value is -2.07. The van der Waals surface area contributed by atoms with Gasteiger partial charge >= 0.3 is 0 Å². The predicted molar refractivity (Wildman–Crippen MR) is 84.1 cm³/mol. The fourth-order valence-electron chi connectivity index (χ4n) is 3.34. The molecule has 1 N–H and O–H groups in total. The van der Waals surface area contributed by atoms with E-state index < -0.39 is 5.79 Å². The van der Waals surface area contributed by atoms with Gasteiger partial charge in [0.05, 0.1) is 0 Å². The molecular weight excluding hydrogens is 276 g/mol. The van der Waals surface area contributed by atoms with Crippen molar-refractivity contribution in [3.8, 4) is 11.5 Å². The molecule has 2 aromatic rings. The Kier molecular flexibility index (Phi) is 3.26. The maximum Gasteiger partial charge on any atom is 0.292 e. The summed E-state index contributed by atoms with van der Waals surface area (Å²) >= 11 is 0. The topological polar surface area (TPSA) is 43.4 Å². The second kappa shape index (κ2) is 5.29. The van der Waals surface area contributed by atoms with Crippen molar-refractivity contribution >= 4 is 0 Å². The summed E-state index contributed by atoms with van der Waals surface area (Å²) in [7, 11) is 0. The molecule has 1 saturated heterocycles. The number of fused-ring (bicyclic) bond motifs is 1. The number of hydrogen-bond acceptors (Lipinski definition) is 4. The zero-order chi connectivity index (χ0) is 15.0. The standard InChI is InChI=1S/C18H20N2O2/c1-18(16-7-2-3-10-20-16)21-15-6-4-5-14(17(15)22-18)13-8-11-19-12-9-13/h2-7,10,13,19H,8-9,11-12H2,1H3. The quantitative estimate of drug-likeness (QED) is 0.924. The van der Waals surface area contributed by atoms with Gasteiger partial charge in [0, 0.05) is 18.7 Å². The number of piperidine rings is 1. The summed E-state index contributed by atoms with van der Waals surface area (Å²) in [5.74, 6) is 1.41. The maximum absolute atomic E-state index is 6.26. The van der Waals surface area contributed by atoms with Crippen LogP contribution in [0.3, 0.4) is 0 Å². The van der Waals surface area contributed by atoms with Crippen LogP contribution in [0, 0.1) is 0 Å². The van der Waals surface area contributed by atoms with Crippen LogP contribution in [0.25, 0.3) is 0 Å². The van der Waals surface area contributed by atoms with Gasteiger partial charge in [0.2, 0.25) is 0 Å². The highest BCUT2D eigenvalue weighted by Gasteiger charge is 2.41. The Morgan fingerprint density at radius 1 is 1.09 bits per heavy atom. The van der Waals surface area contributed by atoms with E-state index in [1.807, 2.05) is 31.2 Å². The monoisotopic (exact) mass is 296 g/mol. The van der Waals surface area contributed by atoms with Gasteiger partial charge in [-0.1, -0.05) is 18.2 Å². The number of nitrogens with zero attached hydrogens (tertiary/aromatic N) is 1. The molecule has 22 heavy (non-hydrogen) atoms. The first-order chi connectivity index (χ1) is 10.8. The second-order valence-corrected chi connectivity index (χ2v) is 6.06. The minimum absolute atomic E-state index is 0.533. The highest BCUT2D eigenvalue weighted by molar-refractivity contribution is 5.51. The van der Waals surface area contributed by atoms with E-state index in [1.165, 1.54) is 5.56 Å². The van der Waals surface area contributed by atoms with Gasteiger partial charge in [-0.2, -0.15) is 0 Å². The van der Waals surface area contributed by atoms with Gasteiger partial charge in [0.15, 0.2) is 11.5 Å². The molecule has 2 aliphatic heterocycles. The van der Waals surface area contributed by atoms with E-state index in [0.29, 0.717) is 5.92 Å². The lowest BCUT2D eigenvalue weighted by Crippen LogP contribution is -2.32. The van der Waals surface area contributed by atoms with Gasteiger partial charge < -0.3 is 14.8 Å². The number of benzene rings is 1. The largest absolute Gasteiger partial charge is 0.443 e. The number of ether oxygens (including phenoxy) is 2. The molecule has 1 aromatic heterocycles. The third kappa shape index (κ3) is 2.24. The van der Waals surface area contributed by atoms with Gasteiger partial charge in [-0.15, -0.1) is 0 Å². The summed E-state index contributed by atoms with van der Waals surface area (Å²) in [5, 5.41) is 3.41. The molecular formula is C18H20N2O2. The fraction of sp³-hybridized carbons (Fsp3) is 0.389. The van der Waals surface area contributed by atoms with E-state index in [2.05, 4.69) is 22.4 Å². The normalized spacial score (nSPS) is 24.4. The first-order valence-electron chi connectivity index (χ1n) is 7.89. The number of nitrogens with one attached hydrogen (secondary N) is 1. The van der Waals surface area contributed by atoms with Crippen molar-refractivity contribution in [1.82, 2.24) is 10.3 Å². The van der Waals surface area contributed by atoms with Crippen molar-refractivity contribution in [3.63, 3.8) is 0 Å². The SMILES string of the molecule is CC1(c2ccccn2)Oc2cccc(C3CCNCC3)c2O1. The first kappa shape index (κ1) is 13.6. The average molecular weight is 296 g/mol. The molecule has 1 unspecified atom stereocenters. The minimum atomic E-state index is -0.841. The Morgan fingerprint density at radius 3 is 2.73 bits per heavy atom. The van der Waals surface area contributed by atoms with Gasteiger partial charge in [-0.3, -0.25) is 4.98 Å². The molecule has 0 amide bonds. The maximum atomic E-state index is 6.26. The van der Waals surface area contributed by atoms with Crippen LogP contribution in [0.1, 0.15) is 36.9 Å². The van der Waals surface area contributed by atoms with Crippen molar-refractivity contribution in [2.45, 2.75) is 31.5 Å². The molecule has 3 heterocycles. The van der Waals surface area contributed by atoms with Crippen molar-refractivity contribution < 1.29 is 9.47 Å². The van der Waals surface area contributed by atoms with E-state index in [-0.39, 0.29) is 0 Å². The Balaban J connectivity index is 1.69. The third-order valence-corrected chi connectivity index (χ3v) is 4.52. The molecule has 0 aliphatic carbocycles. The summed E-state index contributed by atoms with van der Waals surface area (Å²) in [4.78, 5) is 4.40. The predicted octanol–water partition coefficient (Wildman–Crippen LogP) is 3.19. The smallest absolute Gasteiger partial charge is 0.292 e. The van der Waals surface area contributed by atoms with Crippen LogP contribution in [0.5, 0.6) is 11.5 Å². The first-order valence-corrected chi connectivity index (χ1v) is 7.89. The molecule has 114 valence electrons. The summed E-state index contributed by atoms with van der Waals surface area (Å²) in [6.45, 7) is 4.06. The molecule has 4 nitrogen and oxygen atoms in total. The van der Waals surface area contributed by atoms with Crippen molar-refractivity contribution in [3.05, 3.63) is 53.9 Å². The number of pyridine rings is 1. The van der Waals surface area contributed by atoms with E-state index in [4.69, 9.17) is 9.47 Å². The summed E-state index contributed by atoms with van der Waals surface area (Å²) in [6, 6.07) is 12.0. The van der Waals surface area contributed by atoms with Crippen LogP contribution in [-0.4, -0.2) is 18.1 Å². The van der Waals surface area contributed by atoms with Crippen LogP contribution in [0.2, 0.25) is 0 Å². The van der Waals surface area contributed by atoms with Crippen LogP contribution >= 0.6 is 0 Å². The fourth-order valence-corrected chi connectivity index (χ4v) is 3.34. The van der Waals surface area contributed by atoms with Crippen LogP contribution in [0.15, 0.2) is 42.6 Å². The highest BCUT2D eigenvalue weighted by atomic mass is 16.7. The minimum Gasteiger partial charge on any atom is -0.443 e. The van der Waals surface area contributed by atoms with Gasteiger partial charge in [0.25, 0.3) is 5.79 Å².